The average Bonchev–Trinajstić information content (AvgIpc) is 3.21. The van der Waals surface area contributed by atoms with Gasteiger partial charge in [0.2, 0.25) is 0 Å². The minimum atomic E-state index is 0. The van der Waals surface area contributed by atoms with E-state index in [0.717, 1.165) is 58.3 Å². The van der Waals surface area contributed by atoms with E-state index in [1.54, 1.807) is 7.11 Å². The first-order valence-electron chi connectivity index (χ1n) is 7.85. The van der Waals surface area contributed by atoms with Gasteiger partial charge in [0.25, 0.3) is 0 Å². The van der Waals surface area contributed by atoms with E-state index in [4.69, 9.17) is 14.5 Å². The van der Waals surface area contributed by atoms with Gasteiger partial charge in [0, 0.05) is 46.6 Å². The van der Waals surface area contributed by atoms with Crippen LogP contribution in [0, 0.1) is 5.41 Å². The fourth-order valence-electron chi connectivity index (χ4n) is 2.11. The number of guanidine groups is 1. The van der Waals surface area contributed by atoms with Crippen LogP contribution >= 0.6 is 24.0 Å². The van der Waals surface area contributed by atoms with Gasteiger partial charge < -0.3 is 20.1 Å². The van der Waals surface area contributed by atoms with Crippen molar-refractivity contribution in [3.05, 3.63) is 0 Å². The summed E-state index contributed by atoms with van der Waals surface area (Å²) < 4.78 is 10.5. The fourth-order valence-corrected chi connectivity index (χ4v) is 2.11. The number of rotatable bonds is 11. The van der Waals surface area contributed by atoms with Gasteiger partial charge >= 0.3 is 0 Å². The Kier molecular flexibility index (Phi) is 12.4. The fraction of sp³-hybridized carbons (Fsp3) is 0.933. The predicted molar refractivity (Wildman–Crippen MR) is 98.7 cm³/mol. The van der Waals surface area contributed by atoms with Gasteiger partial charge in [0.05, 0.1) is 0 Å². The standard InChI is InChI=1S/C15H31N3O2.HI/c1-4-16-14(17-10-6-11-19-3)18-13-15(7-8-15)9-12-20-5-2;/h4-13H2,1-3H3,(H2,16,17,18);1H. The van der Waals surface area contributed by atoms with Gasteiger partial charge in [-0.2, -0.15) is 0 Å². The Morgan fingerprint density at radius 1 is 1.19 bits per heavy atom. The zero-order valence-corrected chi connectivity index (χ0v) is 16.1. The van der Waals surface area contributed by atoms with Crippen LogP contribution in [0.5, 0.6) is 0 Å². The lowest BCUT2D eigenvalue weighted by molar-refractivity contribution is 0.129. The summed E-state index contributed by atoms with van der Waals surface area (Å²) in [6, 6.07) is 0. The van der Waals surface area contributed by atoms with E-state index < -0.39 is 0 Å². The zero-order valence-electron chi connectivity index (χ0n) is 13.7. The molecule has 0 atom stereocenters. The van der Waals surface area contributed by atoms with Crippen LogP contribution < -0.4 is 10.6 Å². The second-order valence-corrected chi connectivity index (χ2v) is 5.42. The van der Waals surface area contributed by atoms with E-state index in [1.165, 1.54) is 12.8 Å². The molecule has 0 bridgehead atoms. The van der Waals surface area contributed by atoms with Crippen LogP contribution in [0.25, 0.3) is 0 Å². The first-order valence-corrected chi connectivity index (χ1v) is 7.85. The lowest BCUT2D eigenvalue weighted by Gasteiger charge is -2.15. The molecule has 0 aromatic carbocycles. The summed E-state index contributed by atoms with van der Waals surface area (Å²) in [5.74, 6) is 0.922. The largest absolute Gasteiger partial charge is 0.385 e. The van der Waals surface area contributed by atoms with Crippen LogP contribution in [0.3, 0.4) is 0 Å². The van der Waals surface area contributed by atoms with Crippen LogP contribution in [-0.4, -0.2) is 52.5 Å². The third-order valence-corrected chi connectivity index (χ3v) is 3.67. The molecule has 21 heavy (non-hydrogen) atoms. The first kappa shape index (κ1) is 20.9. The molecule has 0 amide bonds. The molecule has 6 heteroatoms. The Hall–Kier alpha value is -0.0800. The molecule has 1 fully saturated rings. The molecule has 0 radical (unpaired) electrons. The number of hydrogen-bond acceptors (Lipinski definition) is 3. The van der Waals surface area contributed by atoms with Crippen LogP contribution in [0.4, 0.5) is 0 Å². The van der Waals surface area contributed by atoms with E-state index in [0.29, 0.717) is 5.41 Å². The first-order chi connectivity index (χ1) is 9.76. The maximum atomic E-state index is 5.46. The van der Waals surface area contributed by atoms with Crippen molar-refractivity contribution in [1.29, 1.82) is 0 Å². The molecule has 126 valence electrons. The smallest absolute Gasteiger partial charge is 0.191 e. The van der Waals surface area contributed by atoms with Gasteiger partial charge in [-0.3, -0.25) is 4.99 Å². The molecule has 0 aromatic rings. The third kappa shape index (κ3) is 9.52. The van der Waals surface area contributed by atoms with Crippen LogP contribution in [-0.2, 0) is 9.47 Å². The summed E-state index contributed by atoms with van der Waals surface area (Å²) >= 11 is 0. The molecule has 0 spiro atoms. The third-order valence-electron chi connectivity index (χ3n) is 3.67. The van der Waals surface area contributed by atoms with Crippen LogP contribution in [0.1, 0.15) is 39.5 Å². The number of aliphatic imine (C=N–C) groups is 1. The quantitative estimate of drug-likeness (QED) is 0.237. The summed E-state index contributed by atoms with van der Waals surface area (Å²) in [5, 5.41) is 6.64. The molecule has 0 unspecified atom stereocenters. The van der Waals surface area contributed by atoms with Crippen molar-refractivity contribution in [1.82, 2.24) is 10.6 Å². The highest BCUT2D eigenvalue weighted by molar-refractivity contribution is 14.0. The van der Waals surface area contributed by atoms with Gasteiger partial charge in [-0.25, -0.2) is 0 Å². The Morgan fingerprint density at radius 2 is 1.95 bits per heavy atom. The van der Waals surface area contributed by atoms with Crippen molar-refractivity contribution in [3.8, 4) is 0 Å². The Labute approximate surface area is 146 Å². The van der Waals surface area contributed by atoms with Crippen molar-refractivity contribution >= 4 is 29.9 Å². The molecule has 0 saturated heterocycles. The molecular weight excluding hydrogens is 381 g/mol. The van der Waals surface area contributed by atoms with Gasteiger partial charge in [-0.1, -0.05) is 0 Å². The Bertz CT molecular complexity index is 284. The summed E-state index contributed by atoms with van der Waals surface area (Å²) in [5.41, 5.74) is 0.407. The highest BCUT2D eigenvalue weighted by Crippen LogP contribution is 2.48. The summed E-state index contributed by atoms with van der Waals surface area (Å²) in [4.78, 5) is 4.72. The molecule has 2 N–H and O–H groups in total. The molecule has 1 aliphatic carbocycles. The van der Waals surface area contributed by atoms with E-state index >= 15 is 0 Å². The Morgan fingerprint density at radius 3 is 2.52 bits per heavy atom. The summed E-state index contributed by atoms with van der Waals surface area (Å²) in [7, 11) is 1.73. The highest BCUT2D eigenvalue weighted by atomic mass is 127. The monoisotopic (exact) mass is 413 g/mol. The summed E-state index contributed by atoms with van der Waals surface area (Å²) in [6.07, 6.45) is 4.70. The average molecular weight is 413 g/mol. The molecule has 1 saturated carbocycles. The molecule has 1 aliphatic rings. The molecule has 0 heterocycles. The zero-order chi connectivity index (χ0) is 14.7. The number of halogens is 1. The Balaban J connectivity index is 0.00000400. The number of nitrogens with one attached hydrogen (secondary N) is 2. The number of hydrogen-bond donors (Lipinski definition) is 2. The van der Waals surface area contributed by atoms with E-state index in [1.807, 2.05) is 6.92 Å². The number of nitrogens with zero attached hydrogens (tertiary/aromatic N) is 1. The normalized spacial score (nSPS) is 16.2. The lowest BCUT2D eigenvalue weighted by atomic mass is 10.0. The minimum absolute atomic E-state index is 0. The molecule has 5 nitrogen and oxygen atoms in total. The summed E-state index contributed by atoms with van der Waals surface area (Å²) in [6.45, 7) is 9.28. The lowest BCUT2D eigenvalue weighted by Crippen LogP contribution is -2.38. The number of methoxy groups -OCH3 is 1. The minimum Gasteiger partial charge on any atom is -0.385 e. The van der Waals surface area contributed by atoms with Gasteiger partial charge in [-0.05, 0) is 44.9 Å². The maximum Gasteiger partial charge on any atom is 0.191 e. The predicted octanol–water partition coefficient (Wildman–Crippen LogP) is 2.40. The molecule has 1 rings (SSSR count). The van der Waals surface area contributed by atoms with E-state index in [-0.39, 0.29) is 24.0 Å². The van der Waals surface area contributed by atoms with Crippen molar-refractivity contribution in [2.45, 2.75) is 39.5 Å². The maximum absolute atomic E-state index is 5.46. The second kappa shape index (κ2) is 12.5. The van der Waals surface area contributed by atoms with E-state index in [9.17, 15) is 0 Å². The van der Waals surface area contributed by atoms with Crippen molar-refractivity contribution < 1.29 is 9.47 Å². The van der Waals surface area contributed by atoms with Crippen molar-refractivity contribution in [3.63, 3.8) is 0 Å². The van der Waals surface area contributed by atoms with E-state index in [2.05, 4.69) is 17.6 Å². The van der Waals surface area contributed by atoms with Crippen molar-refractivity contribution in [2.24, 2.45) is 10.4 Å². The van der Waals surface area contributed by atoms with Gasteiger partial charge in [0.15, 0.2) is 5.96 Å². The van der Waals surface area contributed by atoms with Crippen molar-refractivity contribution in [2.75, 3.05) is 46.6 Å². The van der Waals surface area contributed by atoms with Gasteiger partial charge in [-0.15, -0.1) is 24.0 Å². The van der Waals surface area contributed by atoms with Crippen LogP contribution in [0.2, 0.25) is 0 Å². The highest BCUT2D eigenvalue weighted by Gasteiger charge is 2.41. The van der Waals surface area contributed by atoms with Crippen LogP contribution in [0.15, 0.2) is 4.99 Å². The van der Waals surface area contributed by atoms with Gasteiger partial charge in [0.1, 0.15) is 0 Å². The second-order valence-electron chi connectivity index (χ2n) is 5.42. The topological polar surface area (TPSA) is 54.9 Å². The molecule has 0 aliphatic heterocycles. The molecule has 0 aromatic heterocycles. The molecular formula is C15H32IN3O2. The SMILES string of the molecule is CCNC(=NCC1(CCOCC)CC1)NCCCOC.I. The number of ether oxygens (including phenoxy) is 2.